The molecule has 4 rings (SSSR count). The lowest BCUT2D eigenvalue weighted by atomic mass is 9.95. The highest BCUT2D eigenvalue weighted by Gasteiger charge is 2.34. The Balaban J connectivity index is 1.83. The smallest absolute Gasteiger partial charge is 0.344 e. The molecule has 2 aromatic carbocycles. The summed E-state index contributed by atoms with van der Waals surface area (Å²) in [6.45, 7) is 9.18. The summed E-state index contributed by atoms with van der Waals surface area (Å²) < 4.78 is 30.5. The molecule has 0 saturated heterocycles. The van der Waals surface area contributed by atoms with Crippen molar-refractivity contribution in [2.45, 2.75) is 46.8 Å². The van der Waals surface area contributed by atoms with E-state index in [1.807, 2.05) is 19.9 Å². The molecule has 13 heteroatoms. The van der Waals surface area contributed by atoms with Gasteiger partial charge in [-0.1, -0.05) is 17.4 Å². The lowest BCUT2D eigenvalue weighted by molar-refractivity contribution is -0.145. The number of nitrogens with zero attached hydrogens (tertiary/aromatic N) is 2. The van der Waals surface area contributed by atoms with Gasteiger partial charge in [0.2, 0.25) is 0 Å². The molecule has 1 aliphatic rings. The second-order valence-electron chi connectivity index (χ2n) is 9.79. The van der Waals surface area contributed by atoms with E-state index in [1.165, 1.54) is 23.0 Å². The van der Waals surface area contributed by atoms with Gasteiger partial charge in [-0.15, -0.1) is 0 Å². The number of thiazole rings is 1. The number of carbonyl (C=O) groups is 2. The van der Waals surface area contributed by atoms with Crippen molar-refractivity contribution in [1.82, 2.24) is 4.57 Å². The minimum atomic E-state index is -0.813. The molecular formula is C31H32Br2N2O8S. The van der Waals surface area contributed by atoms with Crippen molar-refractivity contribution in [1.29, 1.82) is 0 Å². The Morgan fingerprint density at radius 1 is 1.07 bits per heavy atom. The van der Waals surface area contributed by atoms with E-state index in [9.17, 15) is 14.4 Å². The SMILES string of the molecule is CCOC(=O)COc1c(Br)cc(/C=c2\sc3n(c2=O)[C@H](c2ccc(OC(C)C)c(OC)c2)C(C(=O)OCC)=C(C)N=3)cc1Br. The van der Waals surface area contributed by atoms with Crippen LogP contribution in [0.5, 0.6) is 17.2 Å². The first-order valence-electron chi connectivity index (χ1n) is 13.8. The number of hydrogen-bond acceptors (Lipinski definition) is 10. The summed E-state index contributed by atoms with van der Waals surface area (Å²) in [6.07, 6.45) is 1.65. The van der Waals surface area contributed by atoms with Crippen molar-refractivity contribution in [3.63, 3.8) is 0 Å². The Bertz CT molecular complexity index is 1770. The zero-order chi connectivity index (χ0) is 32.1. The lowest BCUT2D eigenvalue weighted by Crippen LogP contribution is -2.40. The van der Waals surface area contributed by atoms with Crippen molar-refractivity contribution in [3.8, 4) is 17.2 Å². The molecule has 0 fully saturated rings. The number of allylic oxidation sites excluding steroid dienone is 1. The van der Waals surface area contributed by atoms with Gasteiger partial charge in [-0.2, -0.15) is 0 Å². The second kappa shape index (κ2) is 14.6. The molecule has 0 radical (unpaired) electrons. The van der Waals surface area contributed by atoms with Gasteiger partial charge in [-0.25, -0.2) is 14.6 Å². The summed E-state index contributed by atoms with van der Waals surface area (Å²) >= 11 is 8.19. The van der Waals surface area contributed by atoms with Crippen molar-refractivity contribution in [2.24, 2.45) is 4.99 Å². The summed E-state index contributed by atoms with van der Waals surface area (Å²) in [7, 11) is 1.54. The highest BCUT2D eigenvalue weighted by atomic mass is 79.9. The molecule has 0 amide bonds. The fourth-order valence-corrected chi connectivity index (χ4v) is 7.10. The lowest BCUT2D eigenvalue weighted by Gasteiger charge is -2.25. The highest BCUT2D eigenvalue weighted by molar-refractivity contribution is 9.11. The van der Waals surface area contributed by atoms with Crippen LogP contribution < -0.4 is 29.1 Å². The van der Waals surface area contributed by atoms with E-state index >= 15 is 0 Å². The van der Waals surface area contributed by atoms with Crippen LogP contribution in [0.25, 0.3) is 6.08 Å². The van der Waals surface area contributed by atoms with Crippen LogP contribution in [-0.4, -0.2) is 49.5 Å². The largest absolute Gasteiger partial charge is 0.493 e. The molecule has 0 spiro atoms. The Kier molecular flexibility index (Phi) is 11.1. The van der Waals surface area contributed by atoms with Gasteiger partial charge in [-0.3, -0.25) is 9.36 Å². The zero-order valence-corrected chi connectivity index (χ0v) is 29.1. The van der Waals surface area contributed by atoms with Gasteiger partial charge < -0.3 is 23.7 Å². The number of benzene rings is 2. The van der Waals surface area contributed by atoms with Crippen LogP contribution in [0.15, 0.2) is 60.3 Å². The minimum Gasteiger partial charge on any atom is -0.493 e. The van der Waals surface area contributed by atoms with Crippen LogP contribution in [0.3, 0.4) is 0 Å². The summed E-state index contributed by atoms with van der Waals surface area (Å²) in [5.74, 6) is 0.397. The first kappa shape index (κ1) is 33.5. The molecule has 0 saturated carbocycles. The molecule has 0 bridgehead atoms. The molecule has 3 aromatic rings. The summed E-state index contributed by atoms with van der Waals surface area (Å²) in [6, 6.07) is 8.07. The number of methoxy groups -OCH3 is 1. The molecule has 10 nitrogen and oxygen atoms in total. The number of ether oxygens (including phenoxy) is 5. The number of halogens is 2. The van der Waals surface area contributed by atoms with Crippen LogP contribution in [0.1, 0.15) is 51.8 Å². The fraction of sp³-hybridized carbons (Fsp3) is 0.355. The number of fused-ring (bicyclic) bond motifs is 1. The Labute approximate surface area is 275 Å². The molecular weight excluding hydrogens is 720 g/mol. The van der Waals surface area contributed by atoms with Crippen LogP contribution in [-0.2, 0) is 19.1 Å². The van der Waals surface area contributed by atoms with Crippen LogP contribution in [0.2, 0.25) is 0 Å². The average Bonchev–Trinajstić information content (AvgIpc) is 3.25. The molecule has 1 atom stereocenters. The normalized spacial score (nSPS) is 14.7. The van der Waals surface area contributed by atoms with Crippen LogP contribution in [0.4, 0.5) is 0 Å². The molecule has 1 aromatic heterocycles. The first-order valence-corrected chi connectivity index (χ1v) is 16.2. The number of esters is 2. The van der Waals surface area contributed by atoms with Gasteiger partial charge in [0.05, 0.1) is 57.2 Å². The molecule has 2 heterocycles. The summed E-state index contributed by atoms with van der Waals surface area (Å²) in [5.41, 5.74) is 1.71. The average molecular weight is 752 g/mol. The van der Waals surface area contributed by atoms with Crippen molar-refractivity contribution in [2.75, 3.05) is 26.9 Å². The van der Waals surface area contributed by atoms with Crippen molar-refractivity contribution < 1.29 is 33.3 Å². The first-order chi connectivity index (χ1) is 21.0. The molecule has 0 unspecified atom stereocenters. The molecule has 1 aliphatic heterocycles. The predicted octanol–water partition coefficient (Wildman–Crippen LogP) is 5.06. The summed E-state index contributed by atoms with van der Waals surface area (Å²) in [5, 5.41) is 0. The standard InChI is InChI=1S/C31H32Br2N2O8S/c1-7-40-25(36)15-42-28-20(32)11-18(12-21(28)33)13-24-29(37)35-27(19-9-10-22(43-16(3)4)23(14-19)39-6)26(30(38)41-8-2)17(5)34-31(35)44-24/h9-14,16,27H,7-8,15H2,1-6H3/b24-13-/t27-/m1/s1. The second-order valence-corrected chi connectivity index (χ2v) is 12.5. The number of hydrogen-bond donors (Lipinski definition) is 0. The minimum absolute atomic E-state index is 0.0806. The Morgan fingerprint density at radius 3 is 2.36 bits per heavy atom. The van der Waals surface area contributed by atoms with Crippen LogP contribution in [0, 0.1) is 0 Å². The molecule has 44 heavy (non-hydrogen) atoms. The van der Waals surface area contributed by atoms with E-state index in [2.05, 4.69) is 36.9 Å². The number of rotatable bonds is 11. The maximum atomic E-state index is 14.0. The van der Waals surface area contributed by atoms with E-state index in [0.29, 0.717) is 52.4 Å². The van der Waals surface area contributed by atoms with Gasteiger partial charge in [0, 0.05) is 0 Å². The van der Waals surface area contributed by atoms with Crippen LogP contribution >= 0.6 is 43.2 Å². The maximum Gasteiger partial charge on any atom is 0.344 e. The van der Waals surface area contributed by atoms with Gasteiger partial charge in [-0.05, 0) is 108 Å². The highest BCUT2D eigenvalue weighted by Crippen LogP contribution is 2.37. The third kappa shape index (κ3) is 7.27. The van der Waals surface area contributed by atoms with E-state index < -0.39 is 18.0 Å². The third-order valence-electron chi connectivity index (χ3n) is 6.34. The quantitative estimate of drug-likeness (QED) is 0.250. The number of aromatic nitrogens is 1. The molecule has 234 valence electrons. The maximum absolute atomic E-state index is 14.0. The Hall–Kier alpha value is -3.42. The molecule has 0 N–H and O–H groups in total. The van der Waals surface area contributed by atoms with E-state index in [0.717, 1.165) is 0 Å². The van der Waals surface area contributed by atoms with Crippen molar-refractivity contribution in [3.05, 3.63) is 81.4 Å². The van der Waals surface area contributed by atoms with Gasteiger partial charge in [0.1, 0.15) is 5.75 Å². The third-order valence-corrected chi connectivity index (χ3v) is 8.50. The zero-order valence-electron chi connectivity index (χ0n) is 25.1. The number of carbonyl (C=O) groups excluding carboxylic acids is 2. The van der Waals surface area contributed by atoms with Gasteiger partial charge in [0.25, 0.3) is 5.56 Å². The summed E-state index contributed by atoms with van der Waals surface area (Å²) in [4.78, 5) is 44.1. The van der Waals surface area contributed by atoms with Gasteiger partial charge >= 0.3 is 11.9 Å². The van der Waals surface area contributed by atoms with Crippen molar-refractivity contribution >= 4 is 61.2 Å². The topological polar surface area (TPSA) is 115 Å². The van der Waals surface area contributed by atoms with Gasteiger partial charge in [0.15, 0.2) is 22.9 Å². The monoisotopic (exact) mass is 750 g/mol. The predicted molar refractivity (Wildman–Crippen MR) is 173 cm³/mol. The Morgan fingerprint density at radius 2 is 1.75 bits per heavy atom. The van der Waals surface area contributed by atoms with E-state index in [1.54, 1.807) is 51.1 Å². The van der Waals surface area contributed by atoms with E-state index in [4.69, 9.17) is 23.7 Å². The van der Waals surface area contributed by atoms with E-state index in [-0.39, 0.29) is 37.1 Å². The fourth-order valence-electron chi connectivity index (χ4n) is 4.60. The molecule has 0 aliphatic carbocycles.